The van der Waals surface area contributed by atoms with E-state index in [9.17, 15) is 10.1 Å². The van der Waals surface area contributed by atoms with E-state index < -0.39 is 4.92 Å². The monoisotopic (exact) mass is 412 g/mol. The Bertz CT molecular complexity index is 1210. The molecule has 0 aromatic heterocycles. The zero-order valence-corrected chi connectivity index (χ0v) is 16.7. The highest BCUT2D eigenvalue weighted by Crippen LogP contribution is 2.21. The van der Waals surface area contributed by atoms with Crippen LogP contribution in [0, 0.1) is 10.1 Å². The first-order valence-electron chi connectivity index (χ1n) is 9.77. The highest BCUT2D eigenvalue weighted by molar-refractivity contribution is 5.85. The van der Waals surface area contributed by atoms with Crippen molar-refractivity contribution in [1.29, 1.82) is 0 Å². The molecule has 0 bridgehead atoms. The van der Waals surface area contributed by atoms with Crippen molar-refractivity contribution in [3.63, 3.8) is 0 Å². The third-order valence-corrected chi connectivity index (χ3v) is 4.78. The molecule has 0 aliphatic rings. The minimum atomic E-state index is -0.434. The van der Waals surface area contributed by atoms with E-state index in [1.165, 1.54) is 22.9 Å². The fourth-order valence-corrected chi connectivity index (χ4v) is 3.20. The third kappa shape index (κ3) is 5.25. The van der Waals surface area contributed by atoms with Crippen LogP contribution >= 0.6 is 0 Å². The molecule has 31 heavy (non-hydrogen) atoms. The molecule has 4 aromatic rings. The number of nitrogens with zero attached hydrogens (tertiary/aromatic N) is 2. The van der Waals surface area contributed by atoms with Crippen molar-refractivity contribution in [2.75, 3.05) is 0 Å². The standard InChI is InChI=1S/C25H20N2O4/c28-27(29)23-9-3-5-20(15-23)17-31-26-16-19-11-13-24(14-12-19)30-18-22-8-4-7-21-6-1-2-10-25(21)22/h1-16H,17-18H2/b26-16-. The molecular weight excluding hydrogens is 392 g/mol. The van der Waals surface area contributed by atoms with Crippen LogP contribution in [0.4, 0.5) is 5.69 Å². The largest absolute Gasteiger partial charge is 0.489 e. The maximum atomic E-state index is 10.8. The lowest BCUT2D eigenvalue weighted by Crippen LogP contribution is -1.96. The number of non-ortho nitro benzene ring substituents is 1. The van der Waals surface area contributed by atoms with Crippen LogP contribution < -0.4 is 4.74 Å². The van der Waals surface area contributed by atoms with Crippen molar-refractivity contribution in [1.82, 2.24) is 0 Å². The molecule has 154 valence electrons. The van der Waals surface area contributed by atoms with Crippen LogP contribution in [0.25, 0.3) is 10.8 Å². The summed E-state index contributed by atoms with van der Waals surface area (Å²) < 4.78 is 5.94. The van der Waals surface area contributed by atoms with E-state index >= 15 is 0 Å². The number of nitro benzene ring substituents is 1. The quantitative estimate of drug-likeness (QED) is 0.206. The first kappa shape index (κ1) is 20.1. The van der Waals surface area contributed by atoms with Crippen molar-refractivity contribution in [2.24, 2.45) is 5.16 Å². The molecule has 0 saturated carbocycles. The highest BCUT2D eigenvalue weighted by atomic mass is 16.6. The smallest absolute Gasteiger partial charge is 0.269 e. The molecule has 0 spiro atoms. The minimum absolute atomic E-state index is 0.0316. The molecule has 0 heterocycles. The van der Waals surface area contributed by atoms with Gasteiger partial charge in [-0.05, 0) is 51.7 Å². The first-order valence-corrected chi connectivity index (χ1v) is 9.77. The predicted octanol–water partition coefficient (Wildman–Crippen LogP) is 5.88. The fourth-order valence-electron chi connectivity index (χ4n) is 3.20. The third-order valence-electron chi connectivity index (χ3n) is 4.78. The molecule has 0 aliphatic heterocycles. The van der Waals surface area contributed by atoms with Gasteiger partial charge in [-0.1, -0.05) is 59.8 Å². The number of hydrogen-bond donors (Lipinski definition) is 0. The molecule has 6 heteroatoms. The number of benzene rings is 4. The van der Waals surface area contributed by atoms with Crippen LogP contribution in [-0.2, 0) is 18.1 Å². The Morgan fingerprint density at radius 2 is 1.65 bits per heavy atom. The first-order chi connectivity index (χ1) is 15.2. The van der Waals surface area contributed by atoms with Crippen LogP contribution in [0.15, 0.2) is 96.2 Å². The summed E-state index contributed by atoms with van der Waals surface area (Å²) in [5, 5.41) is 17.1. The zero-order chi connectivity index (χ0) is 21.5. The van der Waals surface area contributed by atoms with E-state index in [2.05, 4.69) is 29.4 Å². The van der Waals surface area contributed by atoms with E-state index in [4.69, 9.17) is 9.57 Å². The number of hydrogen-bond acceptors (Lipinski definition) is 5. The molecule has 6 nitrogen and oxygen atoms in total. The molecule has 0 aliphatic carbocycles. The number of oxime groups is 1. The number of ether oxygens (including phenoxy) is 1. The Labute approximate surface area is 179 Å². The number of rotatable bonds is 8. The van der Waals surface area contributed by atoms with E-state index in [0.717, 1.165) is 16.9 Å². The number of nitro groups is 1. The SMILES string of the molecule is O=[N+]([O-])c1cccc(CO/N=C\c2ccc(OCc3cccc4ccccc34)cc2)c1. The summed E-state index contributed by atoms with van der Waals surface area (Å²) in [6, 6.07) is 28.3. The summed E-state index contributed by atoms with van der Waals surface area (Å²) in [6.07, 6.45) is 1.59. The summed E-state index contributed by atoms with van der Waals surface area (Å²) in [5.74, 6) is 0.766. The molecular formula is C25H20N2O4. The lowest BCUT2D eigenvalue weighted by Gasteiger charge is -2.09. The van der Waals surface area contributed by atoms with Gasteiger partial charge in [0, 0.05) is 12.1 Å². The lowest BCUT2D eigenvalue weighted by atomic mass is 10.1. The maximum Gasteiger partial charge on any atom is 0.269 e. The minimum Gasteiger partial charge on any atom is -0.489 e. The topological polar surface area (TPSA) is 74.0 Å². The van der Waals surface area contributed by atoms with Crippen LogP contribution in [0.1, 0.15) is 16.7 Å². The van der Waals surface area contributed by atoms with Gasteiger partial charge in [0.2, 0.25) is 0 Å². The summed E-state index contributed by atoms with van der Waals surface area (Å²) in [7, 11) is 0. The highest BCUT2D eigenvalue weighted by Gasteiger charge is 2.05. The van der Waals surface area contributed by atoms with Gasteiger partial charge in [-0.15, -0.1) is 0 Å². The van der Waals surface area contributed by atoms with Crippen molar-refractivity contribution < 1.29 is 14.5 Å². The van der Waals surface area contributed by atoms with Gasteiger partial charge < -0.3 is 9.57 Å². The molecule has 0 amide bonds. The summed E-state index contributed by atoms with van der Waals surface area (Å²) in [6.45, 7) is 0.644. The second kappa shape index (κ2) is 9.54. The van der Waals surface area contributed by atoms with Crippen LogP contribution in [-0.4, -0.2) is 11.1 Å². The molecule has 4 rings (SSSR count). The molecule has 0 unspecified atom stereocenters. The summed E-state index contributed by atoms with van der Waals surface area (Å²) in [4.78, 5) is 15.6. The van der Waals surface area contributed by atoms with Gasteiger partial charge in [-0.2, -0.15) is 0 Å². The summed E-state index contributed by atoms with van der Waals surface area (Å²) in [5.41, 5.74) is 2.71. The van der Waals surface area contributed by atoms with E-state index in [-0.39, 0.29) is 12.3 Å². The second-order valence-corrected chi connectivity index (χ2v) is 6.93. The normalized spacial score (nSPS) is 11.0. The molecule has 0 fully saturated rings. The average Bonchev–Trinajstić information content (AvgIpc) is 2.81. The van der Waals surface area contributed by atoms with Gasteiger partial charge in [0.05, 0.1) is 11.1 Å². The molecule has 0 radical (unpaired) electrons. The molecule has 0 saturated heterocycles. The Morgan fingerprint density at radius 1 is 0.871 bits per heavy atom. The van der Waals surface area contributed by atoms with Gasteiger partial charge in [0.1, 0.15) is 19.0 Å². The van der Waals surface area contributed by atoms with Gasteiger partial charge >= 0.3 is 0 Å². The van der Waals surface area contributed by atoms with Crippen molar-refractivity contribution in [2.45, 2.75) is 13.2 Å². The van der Waals surface area contributed by atoms with Gasteiger partial charge in [0.25, 0.3) is 5.69 Å². The number of fused-ring (bicyclic) bond motifs is 1. The lowest BCUT2D eigenvalue weighted by molar-refractivity contribution is -0.384. The van der Waals surface area contributed by atoms with E-state index in [0.29, 0.717) is 12.2 Å². The fraction of sp³-hybridized carbons (Fsp3) is 0.0800. The van der Waals surface area contributed by atoms with Crippen LogP contribution in [0.3, 0.4) is 0 Å². The molecule has 0 atom stereocenters. The molecule has 0 N–H and O–H groups in total. The second-order valence-electron chi connectivity index (χ2n) is 6.93. The van der Waals surface area contributed by atoms with Gasteiger partial charge in [-0.25, -0.2) is 0 Å². The van der Waals surface area contributed by atoms with Gasteiger partial charge in [0.15, 0.2) is 0 Å². The Balaban J connectivity index is 1.31. The Morgan fingerprint density at radius 3 is 2.48 bits per heavy atom. The van der Waals surface area contributed by atoms with Crippen LogP contribution in [0.5, 0.6) is 5.75 Å². The van der Waals surface area contributed by atoms with E-state index in [1.807, 2.05) is 42.5 Å². The van der Waals surface area contributed by atoms with Crippen LogP contribution in [0.2, 0.25) is 0 Å². The maximum absolute atomic E-state index is 10.8. The van der Waals surface area contributed by atoms with E-state index in [1.54, 1.807) is 18.3 Å². The summed E-state index contributed by atoms with van der Waals surface area (Å²) >= 11 is 0. The van der Waals surface area contributed by atoms with Crippen molar-refractivity contribution >= 4 is 22.7 Å². The Kier molecular flexibility index (Phi) is 6.18. The van der Waals surface area contributed by atoms with Gasteiger partial charge in [-0.3, -0.25) is 10.1 Å². The average molecular weight is 412 g/mol. The Hall–Kier alpha value is -4.19. The van der Waals surface area contributed by atoms with Crippen molar-refractivity contribution in [3.8, 4) is 5.75 Å². The zero-order valence-electron chi connectivity index (χ0n) is 16.7. The van der Waals surface area contributed by atoms with Crippen molar-refractivity contribution in [3.05, 3.63) is 118 Å². The predicted molar refractivity (Wildman–Crippen MR) is 120 cm³/mol. The molecule has 4 aromatic carbocycles.